The van der Waals surface area contributed by atoms with Gasteiger partial charge in [-0.3, -0.25) is 0 Å². The molecule has 0 saturated carbocycles. The van der Waals surface area contributed by atoms with E-state index in [2.05, 4.69) is 70.8 Å². The number of ether oxygens (including phenoxy) is 16. The van der Waals surface area contributed by atoms with Crippen molar-refractivity contribution in [2.24, 2.45) is 47.3 Å². The number of carbonyl (C=O) groups excluding carboxylic acids is 3. The molecule has 5 aliphatic heterocycles. The number of nitrogens with one attached hydrogen (secondary N) is 1. The Morgan fingerprint density at radius 2 is 0.901 bits per heavy atom. The van der Waals surface area contributed by atoms with Gasteiger partial charge in [0.25, 0.3) is 0 Å². The predicted octanol–water partition coefficient (Wildman–Crippen LogP) is 15.8. The van der Waals surface area contributed by atoms with Crippen molar-refractivity contribution in [1.29, 1.82) is 0 Å². The molecule has 20 nitrogen and oxygen atoms in total. The van der Waals surface area contributed by atoms with Gasteiger partial charge < -0.3 is 81.1 Å². The molecule has 23 heteroatoms. The minimum Gasteiger partial charge on any atom is -0.445 e. The molecule has 4 aromatic rings. The summed E-state index contributed by atoms with van der Waals surface area (Å²) >= 11 is 18.0. The van der Waals surface area contributed by atoms with Gasteiger partial charge >= 0.3 is 18.4 Å². The van der Waals surface area contributed by atoms with E-state index in [-0.39, 0.29) is 86.7 Å². The molecule has 6 aliphatic rings. The van der Waals surface area contributed by atoms with Gasteiger partial charge in [0.15, 0.2) is 43.7 Å². The average Bonchev–Trinajstić information content (AvgIpc) is 1.76. The quantitative estimate of drug-likeness (QED) is 0.0254. The van der Waals surface area contributed by atoms with Gasteiger partial charge in [-0.25, -0.2) is 14.4 Å². The van der Waals surface area contributed by atoms with E-state index in [1.807, 2.05) is 133 Å². The molecule has 0 aromatic heterocycles. The Kier molecular flexibility index (Phi) is 28.1. The molecule has 1 aliphatic carbocycles. The molecule has 10 unspecified atom stereocenters. The fraction of sp³-hybridized carbons (Fsp3) is 0.628. The molecule has 5 saturated heterocycles. The zero-order valence-electron chi connectivity index (χ0n) is 60.1. The molecule has 0 radical (unpaired) electrons. The topological polar surface area (TPSA) is 211 Å². The van der Waals surface area contributed by atoms with Crippen LogP contribution in [0.4, 0.5) is 14.4 Å². The lowest BCUT2D eigenvalue weighted by molar-refractivity contribution is -0.377. The van der Waals surface area contributed by atoms with Gasteiger partial charge in [-0.05, 0) is 76.8 Å². The number of benzene rings is 4. The highest BCUT2D eigenvalue weighted by molar-refractivity contribution is 6.67. The second kappa shape index (κ2) is 36.2. The van der Waals surface area contributed by atoms with E-state index in [1.165, 1.54) is 6.08 Å². The molecule has 5 fully saturated rings. The number of rotatable bonds is 27. The SMILES string of the molecule is C=CCOC(=O)OC1[C@@H](OCC2O[C@@H](O[C@@H]3C(CC)O[C@@H](O[C@@H]4C(CC)O[C@@H](OCc5ccccc5)C(NC(=O)OCC(Cl)(Cl)Cl)[C@H]4C)C(C)[C@H]3C)C(OCc3ccccc3)[C@@H](O[C@@H]3OC(CC)[C@H](C)C(C)[C@@H]3OC(=O)OCC3c4ccccc4-c4ccccc43)[C@@H]2C)OC(CC)[C@@H](C)[C@@H]1C. The maximum atomic E-state index is 14.4. The third-order valence-corrected chi connectivity index (χ3v) is 22.1. The van der Waals surface area contributed by atoms with Crippen LogP contribution >= 0.6 is 34.8 Å². The Labute approximate surface area is 610 Å². The average molecular weight is 1470 g/mol. The summed E-state index contributed by atoms with van der Waals surface area (Å²) in [6.45, 7) is 28.0. The van der Waals surface area contributed by atoms with Crippen LogP contribution in [-0.2, 0) is 89.0 Å². The zero-order valence-corrected chi connectivity index (χ0v) is 62.4. The zero-order chi connectivity index (χ0) is 72.2. The molecule has 4 aromatic carbocycles. The van der Waals surface area contributed by atoms with E-state index < -0.39 is 133 Å². The molecule has 101 heavy (non-hydrogen) atoms. The standard InChI is InChI=1S/C78H104Cl3NO19/c1-14-37-86-76(84)100-67-45(8)43(6)58(15-2)92-72(67)89-41-62-49(12)66(99-73-68(46(9)44(7)59(16-3)93-73)101-77(85)90-40-57-55-35-27-25-33-53(55)54-34-26-28-36-56(54)57)69(87-38-51-29-21-19-22-30-51)74(96-62)98-64-47(10)48(11)70(94-60(64)17-4)97-65-50(13)63(82-75(83)91-42-78(79,80)81)71(95-61(65)18-5)88-39-52-31-23-20-24-32-52/h14,19-36,43-50,57-74H,1,15-18,37-42H2,2-13H3,(H,82,83)/t43-,44+,45-,46?,47+,48?,49+,50+,58?,59?,60?,61?,62?,63?,64-,65-,66-,67?,68-,69?,70-,71+,72-,73-,74-/m0/s1. The lowest BCUT2D eigenvalue weighted by Gasteiger charge is -2.52. The van der Waals surface area contributed by atoms with Crippen LogP contribution in [0.15, 0.2) is 122 Å². The van der Waals surface area contributed by atoms with E-state index in [0.717, 1.165) is 33.4 Å². The number of hydrogen-bond donors (Lipinski definition) is 1. The normalized spacial score (nSPS) is 34.9. The van der Waals surface area contributed by atoms with Gasteiger partial charge in [-0.2, -0.15) is 0 Å². The maximum Gasteiger partial charge on any atom is 0.509 e. The van der Waals surface area contributed by atoms with Crippen LogP contribution in [0.2, 0.25) is 0 Å². The summed E-state index contributed by atoms with van der Waals surface area (Å²) in [7, 11) is 0. The first-order valence-corrected chi connectivity index (χ1v) is 37.3. The molecule has 1 N–H and O–H groups in total. The van der Waals surface area contributed by atoms with E-state index in [0.29, 0.717) is 25.7 Å². The molecular formula is C78H104Cl3NO19. The van der Waals surface area contributed by atoms with Gasteiger partial charge in [-0.1, -0.05) is 240 Å². The van der Waals surface area contributed by atoms with Crippen molar-refractivity contribution in [3.8, 4) is 11.1 Å². The second-order valence-electron chi connectivity index (χ2n) is 28.1. The summed E-state index contributed by atoms with van der Waals surface area (Å²) < 4.78 is 105. The molecule has 5 heterocycles. The summed E-state index contributed by atoms with van der Waals surface area (Å²) in [6.07, 6.45) is -11.2. The van der Waals surface area contributed by atoms with Crippen molar-refractivity contribution in [2.75, 3.05) is 26.4 Å². The Morgan fingerprint density at radius 1 is 0.446 bits per heavy atom. The third-order valence-electron chi connectivity index (χ3n) is 21.7. The van der Waals surface area contributed by atoms with E-state index >= 15 is 0 Å². The highest BCUT2D eigenvalue weighted by Crippen LogP contribution is 2.47. The number of alkyl halides is 3. The predicted molar refractivity (Wildman–Crippen MR) is 380 cm³/mol. The smallest absolute Gasteiger partial charge is 0.445 e. The highest BCUT2D eigenvalue weighted by atomic mass is 35.6. The van der Waals surface area contributed by atoms with Crippen molar-refractivity contribution in [3.63, 3.8) is 0 Å². The number of alkyl carbamates (subject to hydrolysis) is 1. The van der Waals surface area contributed by atoms with Gasteiger partial charge in [0.2, 0.25) is 3.79 Å². The second-order valence-corrected chi connectivity index (χ2v) is 30.6. The first-order valence-electron chi connectivity index (χ1n) is 36.2. The summed E-state index contributed by atoms with van der Waals surface area (Å²) in [5, 5.41) is 2.94. The largest absolute Gasteiger partial charge is 0.509 e. The molecule has 25 atom stereocenters. The Bertz CT molecular complexity index is 3230. The molecule has 0 spiro atoms. The van der Waals surface area contributed by atoms with Gasteiger partial charge in [0, 0.05) is 35.5 Å². The fourth-order valence-corrected chi connectivity index (χ4v) is 15.4. The molecule has 10 rings (SSSR count). The number of carbonyl (C=O) groups is 3. The number of halogens is 3. The van der Waals surface area contributed by atoms with E-state index in [1.54, 1.807) is 0 Å². The van der Waals surface area contributed by atoms with Crippen molar-refractivity contribution < 1.29 is 90.2 Å². The summed E-state index contributed by atoms with van der Waals surface area (Å²) in [4.78, 5) is 41.2. The summed E-state index contributed by atoms with van der Waals surface area (Å²) in [5.41, 5.74) is 6.14. The number of hydrogen-bond acceptors (Lipinski definition) is 19. The summed E-state index contributed by atoms with van der Waals surface area (Å²) in [6, 6.07) is 35.0. The van der Waals surface area contributed by atoms with Crippen molar-refractivity contribution in [3.05, 3.63) is 144 Å². The first-order chi connectivity index (χ1) is 48.5. The minimum absolute atomic E-state index is 0.00881. The van der Waals surface area contributed by atoms with Crippen LogP contribution in [0.1, 0.15) is 137 Å². The first kappa shape index (κ1) is 78.4. The number of fused-ring (bicyclic) bond motifs is 3. The van der Waals surface area contributed by atoms with Crippen molar-refractivity contribution in [2.45, 2.75) is 236 Å². The lowest BCUT2D eigenvalue weighted by Crippen LogP contribution is -2.64. The lowest BCUT2D eigenvalue weighted by atomic mass is 9.82. The highest BCUT2D eigenvalue weighted by Gasteiger charge is 2.56. The van der Waals surface area contributed by atoms with Crippen LogP contribution < -0.4 is 5.32 Å². The van der Waals surface area contributed by atoms with Crippen molar-refractivity contribution >= 4 is 53.2 Å². The van der Waals surface area contributed by atoms with Crippen LogP contribution in [0, 0.1) is 47.3 Å². The van der Waals surface area contributed by atoms with Crippen LogP contribution in [0.3, 0.4) is 0 Å². The minimum atomic E-state index is -1.85. The van der Waals surface area contributed by atoms with Crippen LogP contribution in [-0.4, -0.2) is 153 Å². The Morgan fingerprint density at radius 3 is 1.47 bits per heavy atom. The Hall–Kier alpha value is -5.14. The van der Waals surface area contributed by atoms with Gasteiger partial charge in [0.05, 0.1) is 74.7 Å². The Balaban J connectivity index is 0.953. The third kappa shape index (κ3) is 19.1. The summed E-state index contributed by atoms with van der Waals surface area (Å²) in [5.74, 6) is -2.35. The van der Waals surface area contributed by atoms with Crippen LogP contribution in [0.25, 0.3) is 11.1 Å². The maximum absolute atomic E-state index is 14.4. The monoisotopic (exact) mass is 1460 g/mol. The van der Waals surface area contributed by atoms with E-state index in [9.17, 15) is 14.4 Å². The van der Waals surface area contributed by atoms with E-state index in [4.69, 9.17) is 111 Å². The van der Waals surface area contributed by atoms with Crippen molar-refractivity contribution in [1.82, 2.24) is 5.32 Å². The molecular weight excluding hydrogens is 1360 g/mol. The molecule has 1 amide bonds. The van der Waals surface area contributed by atoms with Gasteiger partial charge in [0.1, 0.15) is 25.9 Å². The molecule has 556 valence electrons. The van der Waals surface area contributed by atoms with Crippen LogP contribution in [0.5, 0.6) is 0 Å². The van der Waals surface area contributed by atoms with Gasteiger partial charge in [-0.15, -0.1) is 0 Å². The number of amides is 1. The fourth-order valence-electron chi connectivity index (χ4n) is 15.2. The molecule has 0 bridgehead atoms.